The molecule has 5 heteroatoms. The third-order valence-electron chi connectivity index (χ3n) is 4.28. The number of pyridine rings is 1. The third kappa shape index (κ3) is 3.54. The molecule has 1 aromatic heterocycles. The zero-order chi connectivity index (χ0) is 16.4. The molecule has 2 aromatic rings. The molecule has 3 rings (SSSR count). The number of amides is 1. The van der Waals surface area contributed by atoms with Crippen molar-refractivity contribution >= 4 is 17.5 Å². The van der Waals surface area contributed by atoms with Gasteiger partial charge in [-0.25, -0.2) is 0 Å². The highest BCUT2D eigenvalue weighted by Gasteiger charge is 2.36. The maximum absolute atomic E-state index is 12.6. The molecular formula is C18H19ClN2O2. The van der Waals surface area contributed by atoms with E-state index >= 15 is 0 Å². The van der Waals surface area contributed by atoms with Crippen molar-refractivity contribution in [1.82, 2.24) is 10.3 Å². The van der Waals surface area contributed by atoms with Gasteiger partial charge in [-0.05, 0) is 49.9 Å². The summed E-state index contributed by atoms with van der Waals surface area (Å²) in [5.74, 6) is -0.0248. The van der Waals surface area contributed by atoms with Gasteiger partial charge in [-0.3, -0.25) is 9.78 Å². The van der Waals surface area contributed by atoms with Gasteiger partial charge in [0.2, 0.25) is 0 Å². The Morgan fingerprint density at radius 1 is 1.35 bits per heavy atom. The molecule has 1 heterocycles. The molecule has 0 unspecified atom stereocenters. The lowest BCUT2D eigenvalue weighted by Gasteiger charge is -2.37. The first kappa shape index (κ1) is 16.0. The molecule has 1 fully saturated rings. The van der Waals surface area contributed by atoms with Gasteiger partial charge in [0.05, 0.1) is 28.4 Å². The van der Waals surface area contributed by atoms with Crippen LogP contribution in [0.15, 0.2) is 42.6 Å². The number of carbonyl (C=O) groups excluding carboxylic acids is 1. The molecule has 0 saturated heterocycles. The molecule has 1 saturated carbocycles. The van der Waals surface area contributed by atoms with Crippen LogP contribution >= 0.6 is 11.6 Å². The van der Waals surface area contributed by atoms with Gasteiger partial charge in [-0.15, -0.1) is 0 Å². The zero-order valence-corrected chi connectivity index (χ0v) is 13.6. The fourth-order valence-electron chi connectivity index (χ4n) is 2.93. The van der Waals surface area contributed by atoms with Crippen LogP contribution in [0.3, 0.4) is 0 Å². The van der Waals surface area contributed by atoms with E-state index in [9.17, 15) is 9.90 Å². The smallest absolute Gasteiger partial charge is 0.253 e. The number of aromatic nitrogens is 1. The van der Waals surface area contributed by atoms with E-state index in [0.29, 0.717) is 23.4 Å². The monoisotopic (exact) mass is 330 g/mol. The lowest BCUT2D eigenvalue weighted by Crippen LogP contribution is -2.41. The SMILES string of the molecule is Cc1ccc(Cl)c(C(=O)N[C@@H](c2ccccn2)C2CC(O)C2)c1. The number of benzene rings is 1. The van der Waals surface area contributed by atoms with Gasteiger partial charge < -0.3 is 10.4 Å². The van der Waals surface area contributed by atoms with Gasteiger partial charge in [0.25, 0.3) is 5.91 Å². The molecule has 4 nitrogen and oxygen atoms in total. The summed E-state index contributed by atoms with van der Waals surface area (Å²) in [5.41, 5.74) is 2.25. The highest BCUT2D eigenvalue weighted by molar-refractivity contribution is 6.33. The van der Waals surface area contributed by atoms with E-state index in [1.165, 1.54) is 0 Å². The fraction of sp³-hybridized carbons (Fsp3) is 0.333. The second-order valence-corrected chi connectivity index (χ2v) is 6.48. The molecule has 1 aliphatic carbocycles. The van der Waals surface area contributed by atoms with Gasteiger partial charge in [0.15, 0.2) is 0 Å². The largest absolute Gasteiger partial charge is 0.393 e. The van der Waals surface area contributed by atoms with Crippen molar-refractivity contribution in [1.29, 1.82) is 0 Å². The van der Waals surface area contributed by atoms with E-state index < -0.39 is 0 Å². The van der Waals surface area contributed by atoms with Crippen LogP contribution in [0.4, 0.5) is 0 Å². The standard InChI is InChI=1S/C18H19ClN2O2/c1-11-5-6-15(19)14(8-11)18(23)21-17(12-9-13(22)10-12)16-4-2-3-7-20-16/h2-8,12-13,17,22H,9-10H2,1H3,(H,21,23)/t12?,13?,17-/m1/s1. The van der Waals surface area contributed by atoms with Crippen molar-refractivity contribution in [3.8, 4) is 0 Å². The molecule has 0 radical (unpaired) electrons. The minimum absolute atomic E-state index is 0.187. The molecule has 1 amide bonds. The van der Waals surface area contributed by atoms with E-state index in [1.807, 2.05) is 31.2 Å². The zero-order valence-electron chi connectivity index (χ0n) is 12.9. The van der Waals surface area contributed by atoms with Gasteiger partial charge >= 0.3 is 0 Å². The van der Waals surface area contributed by atoms with Crippen LogP contribution in [-0.4, -0.2) is 22.1 Å². The molecule has 0 aliphatic heterocycles. The normalized spacial score (nSPS) is 21.3. The Hall–Kier alpha value is -1.91. The Bertz CT molecular complexity index is 699. The van der Waals surface area contributed by atoms with Crippen molar-refractivity contribution in [2.75, 3.05) is 0 Å². The first-order valence-electron chi connectivity index (χ1n) is 7.70. The van der Waals surface area contributed by atoms with Crippen LogP contribution in [-0.2, 0) is 0 Å². The molecule has 0 spiro atoms. The fourth-order valence-corrected chi connectivity index (χ4v) is 3.13. The number of halogens is 1. The number of hydrogen-bond donors (Lipinski definition) is 2. The molecule has 23 heavy (non-hydrogen) atoms. The number of nitrogens with one attached hydrogen (secondary N) is 1. The summed E-state index contributed by atoms with van der Waals surface area (Å²) in [5, 5.41) is 13.1. The number of nitrogens with zero attached hydrogens (tertiary/aromatic N) is 1. The summed E-state index contributed by atoms with van der Waals surface area (Å²) < 4.78 is 0. The molecular weight excluding hydrogens is 312 g/mol. The Kier molecular flexibility index (Phi) is 4.64. The van der Waals surface area contributed by atoms with E-state index in [1.54, 1.807) is 18.3 Å². The maximum Gasteiger partial charge on any atom is 0.253 e. The van der Waals surface area contributed by atoms with E-state index in [4.69, 9.17) is 11.6 Å². The predicted octanol–water partition coefficient (Wildman–Crippen LogP) is 3.29. The predicted molar refractivity (Wildman–Crippen MR) is 89.4 cm³/mol. The summed E-state index contributed by atoms with van der Waals surface area (Å²) in [6.07, 6.45) is 2.76. The number of hydrogen-bond acceptors (Lipinski definition) is 3. The topological polar surface area (TPSA) is 62.2 Å². The van der Waals surface area contributed by atoms with Gasteiger partial charge in [-0.1, -0.05) is 29.3 Å². The number of rotatable bonds is 4. The van der Waals surface area contributed by atoms with E-state index in [-0.39, 0.29) is 24.0 Å². The number of aliphatic hydroxyl groups is 1. The lowest BCUT2D eigenvalue weighted by molar-refractivity contribution is 0.0228. The molecule has 120 valence electrons. The minimum atomic E-state index is -0.286. The summed E-state index contributed by atoms with van der Waals surface area (Å²) >= 11 is 6.15. The summed E-state index contributed by atoms with van der Waals surface area (Å²) in [4.78, 5) is 17.0. The molecule has 2 N–H and O–H groups in total. The second kappa shape index (κ2) is 6.69. The Balaban J connectivity index is 1.83. The highest BCUT2D eigenvalue weighted by Crippen LogP contribution is 2.37. The molecule has 0 bridgehead atoms. The van der Waals surface area contributed by atoms with Crippen LogP contribution in [0.5, 0.6) is 0 Å². The Labute approximate surface area is 140 Å². The maximum atomic E-state index is 12.6. The molecule has 1 atom stereocenters. The highest BCUT2D eigenvalue weighted by atomic mass is 35.5. The molecule has 1 aliphatic rings. The quantitative estimate of drug-likeness (QED) is 0.904. The first-order valence-corrected chi connectivity index (χ1v) is 8.08. The van der Waals surface area contributed by atoms with Crippen molar-refractivity contribution in [2.45, 2.75) is 31.9 Å². The Morgan fingerprint density at radius 3 is 2.78 bits per heavy atom. The summed E-state index contributed by atoms with van der Waals surface area (Å²) in [6, 6.07) is 10.8. The van der Waals surface area contributed by atoms with Gasteiger partial charge in [-0.2, -0.15) is 0 Å². The van der Waals surface area contributed by atoms with Crippen LogP contribution in [0.2, 0.25) is 5.02 Å². The second-order valence-electron chi connectivity index (χ2n) is 6.07. The van der Waals surface area contributed by atoms with Gasteiger partial charge in [0.1, 0.15) is 0 Å². The van der Waals surface area contributed by atoms with Crippen LogP contribution in [0.25, 0.3) is 0 Å². The average molecular weight is 331 g/mol. The number of aliphatic hydroxyl groups excluding tert-OH is 1. The van der Waals surface area contributed by atoms with Crippen LogP contribution < -0.4 is 5.32 Å². The molecule has 1 aromatic carbocycles. The number of aryl methyl sites for hydroxylation is 1. The number of carbonyl (C=O) groups is 1. The average Bonchev–Trinajstić information content (AvgIpc) is 2.53. The van der Waals surface area contributed by atoms with E-state index in [0.717, 1.165) is 11.3 Å². The van der Waals surface area contributed by atoms with Crippen LogP contribution in [0.1, 0.15) is 40.5 Å². The van der Waals surface area contributed by atoms with Gasteiger partial charge in [0, 0.05) is 6.20 Å². The van der Waals surface area contributed by atoms with Crippen LogP contribution in [0, 0.1) is 12.8 Å². The first-order chi connectivity index (χ1) is 11.0. The van der Waals surface area contributed by atoms with Crippen molar-refractivity contribution in [2.24, 2.45) is 5.92 Å². The lowest BCUT2D eigenvalue weighted by atomic mass is 9.76. The summed E-state index contributed by atoms with van der Waals surface area (Å²) in [7, 11) is 0. The van der Waals surface area contributed by atoms with E-state index in [2.05, 4.69) is 10.3 Å². The minimum Gasteiger partial charge on any atom is -0.393 e. The van der Waals surface area contributed by atoms with Crippen molar-refractivity contribution in [3.05, 3.63) is 64.4 Å². The Morgan fingerprint density at radius 2 is 2.13 bits per heavy atom. The van der Waals surface area contributed by atoms with Crippen molar-refractivity contribution < 1.29 is 9.90 Å². The van der Waals surface area contributed by atoms with Crippen molar-refractivity contribution in [3.63, 3.8) is 0 Å². The third-order valence-corrected chi connectivity index (χ3v) is 4.61. The summed E-state index contributed by atoms with van der Waals surface area (Å²) in [6.45, 7) is 1.92.